The SMILES string of the molecule is C[C@@H](NC(=O)NC1(C(N)=O)CCCC1)c1nc(-c2cccnc2)no1. The Hall–Kier alpha value is -2.97. The van der Waals surface area contributed by atoms with Gasteiger partial charge in [0.25, 0.3) is 0 Å². The van der Waals surface area contributed by atoms with Gasteiger partial charge in [-0.05, 0) is 31.9 Å². The number of carbonyl (C=O) groups excluding carboxylic acids is 2. The average Bonchev–Trinajstić information content (AvgIpc) is 3.25. The monoisotopic (exact) mass is 344 g/mol. The fraction of sp³-hybridized carbons (Fsp3) is 0.438. The van der Waals surface area contributed by atoms with Gasteiger partial charge < -0.3 is 20.9 Å². The highest BCUT2D eigenvalue weighted by Crippen LogP contribution is 2.29. The Kier molecular flexibility index (Phi) is 4.64. The van der Waals surface area contributed by atoms with E-state index < -0.39 is 23.5 Å². The number of rotatable bonds is 5. The van der Waals surface area contributed by atoms with Gasteiger partial charge in [0.05, 0.1) is 0 Å². The Labute approximate surface area is 144 Å². The molecule has 0 unspecified atom stereocenters. The van der Waals surface area contributed by atoms with E-state index in [1.54, 1.807) is 25.4 Å². The Morgan fingerprint density at radius 2 is 2.12 bits per heavy atom. The third-order valence-corrected chi connectivity index (χ3v) is 4.36. The Balaban J connectivity index is 1.64. The van der Waals surface area contributed by atoms with Crippen molar-refractivity contribution in [1.82, 2.24) is 25.8 Å². The number of hydrogen-bond donors (Lipinski definition) is 3. The molecule has 132 valence electrons. The van der Waals surface area contributed by atoms with Crippen LogP contribution in [0.2, 0.25) is 0 Å². The van der Waals surface area contributed by atoms with E-state index in [1.807, 2.05) is 6.07 Å². The van der Waals surface area contributed by atoms with Crippen LogP contribution in [0.15, 0.2) is 29.0 Å². The second kappa shape index (κ2) is 6.88. The summed E-state index contributed by atoms with van der Waals surface area (Å²) in [6, 6.07) is 2.56. The molecule has 0 aromatic carbocycles. The first-order valence-corrected chi connectivity index (χ1v) is 8.13. The minimum absolute atomic E-state index is 0.258. The van der Waals surface area contributed by atoms with Gasteiger partial charge >= 0.3 is 6.03 Å². The summed E-state index contributed by atoms with van der Waals surface area (Å²) in [7, 11) is 0. The summed E-state index contributed by atoms with van der Waals surface area (Å²) in [6.07, 6.45) is 6.09. The van der Waals surface area contributed by atoms with E-state index in [2.05, 4.69) is 25.8 Å². The molecule has 3 amide bonds. The minimum Gasteiger partial charge on any atom is -0.368 e. The Morgan fingerprint density at radius 3 is 2.76 bits per heavy atom. The lowest BCUT2D eigenvalue weighted by molar-refractivity contribution is -0.123. The number of hydrogen-bond acceptors (Lipinski definition) is 6. The molecule has 2 heterocycles. The summed E-state index contributed by atoms with van der Waals surface area (Å²) >= 11 is 0. The minimum atomic E-state index is -0.973. The summed E-state index contributed by atoms with van der Waals surface area (Å²) in [4.78, 5) is 32.2. The first-order chi connectivity index (χ1) is 12.0. The van der Waals surface area contributed by atoms with Crippen LogP contribution in [0.25, 0.3) is 11.4 Å². The molecule has 2 aromatic heterocycles. The number of nitrogens with two attached hydrogens (primary N) is 1. The maximum absolute atomic E-state index is 12.2. The van der Waals surface area contributed by atoms with Crippen molar-refractivity contribution in [3.05, 3.63) is 30.4 Å². The van der Waals surface area contributed by atoms with E-state index in [0.717, 1.165) is 12.8 Å². The van der Waals surface area contributed by atoms with Crippen LogP contribution in [0.3, 0.4) is 0 Å². The number of nitrogens with zero attached hydrogens (tertiary/aromatic N) is 3. The molecule has 0 radical (unpaired) electrons. The van der Waals surface area contributed by atoms with Gasteiger partial charge in [0.15, 0.2) is 0 Å². The van der Waals surface area contributed by atoms with Crippen molar-refractivity contribution in [3.8, 4) is 11.4 Å². The number of nitrogens with one attached hydrogen (secondary N) is 2. The lowest BCUT2D eigenvalue weighted by atomic mass is 9.97. The second-order valence-corrected chi connectivity index (χ2v) is 6.17. The van der Waals surface area contributed by atoms with Crippen LogP contribution >= 0.6 is 0 Å². The first-order valence-electron chi connectivity index (χ1n) is 8.13. The highest BCUT2D eigenvalue weighted by Gasteiger charge is 2.41. The van der Waals surface area contributed by atoms with Gasteiger partial charge in [-0.25, -0.2) is 4.79 Å². The third kappa shape index (κ3) is 3.59. The number of pyridine rings is 1. The lowest BCUT2D eigenvalue weighted by Gasteiger charge is -2.27. The van der Waals surface area contributed by atoms with Crippen molar-refractivity contribution in [2.45, 2.75) is 44.2 Å². The Morgan fingerprint density at radius 1 is 1.36 bits per heavy atom. The molecule has 1 saturated carbocycles. The van der Waals surface area contributed by atoms with Crippen molar-refractivity contribution in [2.75, 3.05) is 0 Å². The van der Waals surface area contributed by atoms with Crippen molar-refractivity contribution >= 4 is 11.9 Å². The summed E-state index contributed by atoms with van der Waals surface area (Å²) in [6.45, 7) is 1.71. The van der Waals surface area contributed by atoms with Gasteiger partial charge in [-0.3, -0.25) is 9.78 Å². The summed E-state index contributed by atoms with van der Waals surface area (Å²) < 4.78 is 5.20. The van der Waals surface area contributed by atoms with Crippen LogP contribution in [0.4, 0.5) is 4.79 Å². The zero-order valence-corrected chi connectivity index (χ0v) is 13.9. The largest absolute Gasteiger partial charge is 0.368 e. The van der Waals surface area contributed by atoms with Crippen molar-refractivity contribution in [1.29, 1.82) is 0 Å². The molecular weight excluding hydrogens is 324 g/mol. The number of carbonyl (C=O) groups is 2. The molecular formula is C16H20N6O3. The molecule has 9 nitrogen and oxygen atoms in total. The quantitative estimate of drug-likeness (QED) is 0.747. The molecule has 0 bridgehead atoms. The van der Waals surface area contributed by atoms with E-state index in [-0.39, 0.29) is 5.89 Å². The van der Waals surface area contributed by atoms with E-state index in [0.29, 0.717) is 24.2 Å². The third-order valence-electron chi connectivity index (χ3n) is 4.36. The fourth-order valence-electron chi connectivity index (χ4n) is 2.95. The van der Waals surface area contributed by atoms with Crippen LogP contribution in [-0.2, 0) is 4.79 Å². The molecule has 2 aromatic rings. The lowest BCUT2D eigenvalue weighted by Crippen LogP contribution is -2.58. The number of amides is 3. The van der Waals surface area contributed by atoms with Crippen LogP contribution in [0.1, 0.15) is 44.5 Å². The van der Waals surface area contributed by atoms with E-state index in [1.165, 1.54) is 0 Å². The van der Waals surface area contributed by atoms with Crippen molar-refractivity contribution in [3.63, 3.8) is 0 Å². The topological polar surface area (TPSA) is 136 Å². The molecule has 0 aliphatic heterocycles. The molecule has 1 fully saturated rings. The molecule has 0 saturated heterocycles. The molecule has 1 aliphatic carbocycles. The fourth-order valence-corrected chi connectivity index (χ4v) is 2.95. The van der Waals surface area contributed by atoms with E-state index in [9.17, 15) is 9.59 Å². The molecule has 9 heteroatoms. The number of primary amides is 1. The standard InChI is InChI=1S/C16H20N6O3/c1-10(13-20-12(22-25-13)11-5-4-8-18-9-11)19-15(24)21-16(14(17)23)6-2-3-7-16/h4-5,8-10H,2-3,6-7H2,1H3,(H2,17,23)(H2,19,21,24)/t10-/m1/s1. The molecule has 1 aliphatic rings. The maximum Gasteiger partial charge on any atom is 0.316 e. The molecule has 4 N–H and O–H groups in total. The molecule has 0 spiro atoms. The van der Waals surface area contributed by atoms with E-state index in [4.69, 9.17) is 10.3 Å². The average molecular weight is 344 g/mol. The van der Waals surface area contributed by atoms with Gasteiger partial charge in [0, 0.05) is 18.0 Å². The number of urea groups is 1. The highest BCUT2D eigenvalue weighted by molar-refractivity contribution is 5.90. The highest BCUT2D eigenvalue weighted by atomic mass is 16.5. The Bertz CT molecular complexity index is 754. The summed E-state index contributed by atoms with van der Waals surface area (Å²) in [5, 5.41) is 9.29. The first kappa shape index (κ1) is 16.9. The zero-order valence-electron chi connectivity index (χ0n) is 13.9. The van der Waals surface area contributed by atoms with Crippen LogP contribution in [-0.4, -0.2) is 32.6 Å². The van der Waals surface area contributed by atoms with E-state index >= 15 is 0 Å². The van der Waals surface area contributed by atoms with Gasteiger partial charge in [-0.2, -0.15) is 4.98 Å². The van der Waals surface area contributed by atoms with Crippen molar-refractivity contribution < 1.29 is 14.1 Å². The number of aromatic nitrogens is 3. The molecule has 1 atom stereocenters. The summed E-state index contributed by atoms with van der Waals surface area (Å²) in [5.74, 6) is 0.138. The molecule has 25 heavy (non-hydrogen) atoms. The van der Waals surface area contributed by atoms with Gasteiger partial charge in [0.1, 0.15) is 11.6 Å². The van der Waals surface area contributed by atoms with Gasteiger partial charge in [-0.15, -0.1) is 0 Å². The molecule has 3 rings (SSSR count). The zero-order chi connectivity index (χ0) is 17.9. The smallest absolute Gasteiger partial charge is 0.316 e. The van der Waals surface area contributed by atoms with Crippen LogP contribution in [0.5, 0.6) is 0 Å². The second-order valence-electron chi connectivity index (χ2n) is 6.17. The van der Waals surface area contributed by atoms with Gasteiger partial charge in [-0.1, -0.05) is 18.0 Å². The van der Waals surface area contributed by atoms with Crippen LogP contribution < -0.4 is 16.4 Å². The normalized spacial score (nSPS) is 17.0. The van der Waals surface area contributed by atoms with Crippen molar-refractivity contribution in [2.24, 2.45) is 5.73 Å². The summed E-state index contributed by atoms with van der Waals surface area (Å²) in [5.41, 5.74) is 5.21. The maximum atomic E-state index is 12.2. The van der Waals surface area contributed by atoms with Gasteiger partial charge in [0.2, 0.25) is 17.6 Å². The predicted molar refractivity (Wildman–Crippen MR) is 88.0 cm³/mol. The van der Waals surface area contributed by atoms with Crippen LogP contribution in [0, 0.1) is 0 Å². The predicted octanol–water partition coefficient (Wildman–Crippen LogP) is 1.29.